The second-order valence-electron chi connectivity index (χ2n) is 5.18. The molecule has 0 saturated carbocycles. The zero-order chi connectivity index (χ0) is 15.5. The van der Waals surface area contributed by atoms with Crippen molar-refractivity contribution in [3.8, 4) is 6.07 Å². The highest BCUT2D eigenvalue weighted by atomic mass is 32.1. The summed E-state index contributed by atoms with van der Waals surface area (Å²) in [6.07, 6.45) is 1.33. The SMILES string of the molecule is CC(C)(CNc1ncc(C#N)cc1[N+](=O)[O-])c1cccs1. The number of hydrogen-bond acceptors (Lipinski definition) is 6. The number of thiophene rings is 1. The van der Waals surface area contributed by atoms with E-state index in [1.54, 1.807) is 11.3 Å². The van der Waals surface area contributed by atoms with Gasteiger partial charge in [0.2, 0.25) is 5.82 Å². The van der Waals surface area contributed by atoms with Gasteiger partial charge in [-0.3, -0.25) is 10.1 Å². The van der Waals surface area contributed by atoms with Gasteiger partial charge in [-0.15, -0.1) is 11.3 Å². The summed E-state index contributed by atoms with van der Waals surface area (Å²) in [4.78, 5) is 15.7. The van der Waals surface area contributed by atoms with Crippen LogP contribution in [0.25, 0.3) is 0 Å². The lowest BCUT2D eigenvalue weighted by atomic mass is 9.91. The first-order chi connectivity index (χ1) is 9.94. The summed E-state index contributed by atoms with van der Waals surface area (Å²) >= 11 is 1.64. The summed E-state index contributed by atoms with van der Waals surface area (Å²) in [6, 6.07) is 7.09. The van der Waals surface area contributed by atoms with Gasteiger partial charge in [0, 0.05) is 29.1 Å². The Hall–Kier alpha value is -2.46. The lowest BCUT2D eigenvalue weighted by molar-refractivity contribution is -0.384. The fraction of sp³-hybridized carbons (Fsp3) is 0.286. The smallest absolute Gasteiger partial charge is 0.312 e. The Balaban J connectivity index is 2.21. The second-order valence-corrected chi connectivity index (χ2v) is 6.12. The molecule has 0 saturated heterocycles. The van der Waals surface area contributed by atoms with Crippen molar-refractivity contribution >= 4 is 22.8 Å². The van der Waals surface area contributed by atoms with Crippen LogP contribution >= 0.6 is 11.3 Å². The number of aromatic nitrogens is 1. The molecule has 1 N–H and O–H groups in total. The number of anilines is 1. The van der Waals surface area contributed by atoms with Crippen LogP contribution in [-0.4, -0.2) is 16.5 Å². The number of nitrogens with one attached hydrogen (secondary N) is 1. The van der Waals surface area contributed by atoms with E-state index in [9.17, 15) is 10.1 Å². The number of rotatable bonds is 5. The molecule has 2 heterocycles. The summed E-state index contributed by atoms with van der Waals surface area (Å²) in [5.41, 5.74) is -0.182. The average Bonchev–Trinajstić information content (AvgIpc) is 3.00. The van der Waals surface area contributed by atoms with Crippen LogP contribution in [0.1, 0.15) is 24.3 Å². The summed E-state index contributed by atoms with van der Waals surface area (Å²) in [5, 5.41) is 24.9. The highest BCUT2D eigenvalue weighted by Crippen LogP contribution is 2.29. The topological polar surface area (TPSA) is 91.8 Å². The highest BCUT2D eigenvalue weighted by Gasteiger charge is 2.24. The Morgan fingerprint density at radius 2 is 2.33 bits per heavy atom. The summed E-state index contributed by atoms with van der Waals surface area (Å²) < 4.78 is 0. The molecule has 0 aromatic carbocycles. The summed E-state index contributed by atoms with van der Waals surface area (Å²) in [7, 11) is 0. The Morgan fingerprint density at radius 3 is 2.90 bits per heavy atom. The number of nitro groups is 1. The van der Waals surface area contributed by atoms with E-state index in [1.165, 1.54) is 17.1 Å². The van der Waals surface area contributed by atoms with Gasteiger partial charge in [-0.25, -0.2) is 4.98 Å². The second kappa shape index (κ2) is 5.89. The van der Waals surface area contributed by atoms with E-state index in [2.05, 4.69) is 24.1 Å². The Bertz CT molecular complexity index is 689. The molecule has 2 rings (SSSR count). The van der Waals surface area contributed by atoms with Gasteiger partial charge >= 0.3 is 5.69 Å². The van der Waals surface area contributed by atoms with Crippen LogP contribution in [0.2, 0.25) is 0 Å². The molecular formula is C14H14N4O2S. The molecular weight excluding hydrogens is 288 g/mol. The van der Waals surface area contributed by atoms with Crippen molar-refractivity contribution in [2.45, 2.75) is 19.3 Å². The molecule has 6 nitrogen and oxygen atoms in total. The molecule has 2 aromatic rings. The Morgan fingerprint density at radius 1 is 1.57 bits per heavy atom. The van der Waals surface area contributed by atoms with E-state index in [1.807, 2.05) is 23.6 Å². The van der Waals surface area contributed by atoms with Gasteiger partial charge in [-0.1, -0.05) is 19.9 Å². The number of hydrogen-bond donors (Lipinski definition) is 1. The molecule has 2 aromatic heterocycles. The van der Waals surface area contributed by atoms with E-state index in [-0.39, 0.29) is 22.5 Å². The van der Waals surface area contributed by atoms with Crippen LogP contribution in [0.15, 0.2) is 29.8 Å². The minimum Gasteiger partial charge on any atom is -0.363 e. The van der Waals surface area contributed by atoms with Gasteiger partial charge in [0.1, 0.15) is 6.07 Å². The van der Waals surface area contributed by atoms with E-state index < -0.39 is 4.92 Å². The van der Waals surface area contributed by atoms with Crippen molar-refractivity contribution in [3.05, 3.63) is 50.3 Å². The van der Waals surface area contributed by atoms with Crippen molar-refractivity contribution in [2.24, 2.45) is 0 Å². The highest BCUT2D eigenvalue weighted by molar-refractivity contribution is 7.10. The van der Waals surface area contributed by atoms with Gasteiger partial charge in [0.25, 0.3) is 0 Å². The third-order valence-electron chi connectivity index (χ3n) is 3.08. The maximum atomic E-state index is 11.1. The minimum atomic E-state index is -0.533. The van der Waals surface area contributed by atoms with Gasteiger partial charge in [0.05, 0.1) is 10.5 Å². The van der Waals surface area contributed by atoms with Crippen LogP contribution < -0.4 is 5.32 Å². The molecule has 0 spiro atoms. The van der Waals surface area contributed by atoms with Crippen molar-refractivity contribution in [3.63, 3.8) is 0 Å². The zero-order valence-corrected chi connectivity index (χ0v) is 12.5. The van der Waals surface area contributed by atoms with Crippen molar-refractivity contribution < 1.29 is 4.92 Å². The first-order valence-electron chi connectivity index (χ1n) is 6.26. The van der Waals surface area contributed by atoms with Gasteiger partial charge in [-0.2, -0.15) is 5.26 Å². The fourth-order valence-electron chi connectivity index (χ4n) is 1.85. The van der Waals surface area contributed by atoms with Gasteiger partial charge in [-0.05, 0) is 11.4 Å². The van der Waals surface area contributed by atoms with Crippen LogP contribution in [0, 0.1) is 21.4 Å². The van der Waals surface area contributed by atoms with E-state index in [4.69, 9.17) is 5.26 Å². The Kier molecular flexibility index (Phi) is 4.19. The van der Waals surface area contributed by atoms with Gasteiger partial charge in [0.15, 0.2) is 0 Å². The third kappa shape index (κ3) is 3.35. The van der Waals surface area contributed by atoms with E-state index >= 15 is 0 Å². The largest absolute Gasteiger partial charge is 0.363 e. The zero-order valence-electron chi connectivity index (χ0n) is 11.7. The van der Waals surface area contributed by atoms with Gasteiger partial charge < -0.3 is 5.32 Å². The molecule has 0 radical (unpaired) electrons. The molecule has 0 unspecified atom stereocenters. The standard InChI is InChI=1S/C14H14N4O2S/c1-14(2,12-4-3-5-21-12)9-17-13-11(18(19)20)6-10(7-15)8-16-13/h3-6,8H,9H2,1-2H3,(H,16,17). The maximum Gasteiger partial charge on any atom is 0.312 e. The molecule has 0 aliphatic carbocycles. The molecule has 0 fully saturated rings. The molecule has 0 amide bonds. The monoisotopic (exact) mass is 302 g/mol. The molecule has 0 bridgehead atoms. The predicted octanol–water partition coefficient (Wildman–Crippen LogP) is 3.31. The van der Waals surface area contributed by atoms with E-state index in [0.717, 1.165) is 0 Å². The first kappa shape index (κ1) is 14.9. The molecule has 108 valence electrons. The first-order valence-corrected chi connectivity index (χ1v) is 7.14. The van der Waals surface area contributed by atoms with Crippen molar-refractivity contribution in [1.82, 2.24) is 4.98 Å². The third-order valence-corrected chi connectivity index (χ3v) is 4.32. The predicted molar refractivity (Wildman–Crippen MR) is 81.4 cm³/mol. The van der Waals surface area contributed by atoms with Crippen molar-refractivity contribution in [2.75, 3.05) is 11.9 Å². The van der Waals surface area contributed by atoms with Crippen LogP contribution in [-0.2, 0) is 5.41 Å². The molecule has 0 aliphatic heterocycles. The quantitative estimate of drug-likeness (QED) is 0.675. The molecule has 21 heavy (non-hydrogen) atoms. The molecule has 0 aliphatic rings. The van der Waals surface area contributed by atoms with Crippen LogP contribution in [0.5, 0.6) is 0 Å². The Labute approximate surface area is 126 Å². The maximum absolute atomic E-state index is 11.1. The normalized spacial score (nSPS) is 10.9. The lowest BCUT2D eigenvalue weighted by Gasteiger charge is -2.23. The summed E-state index contributed by atoms with van der Waals surface area (Å²) in [5.74, 6) is 0.184. The average molecular weight is 302 g/mol. The van der Waals surface area contributed by atoms with Crippen LogP contribution in [0.3, 0.4) is 0 Å². The number of pyridine rings is 1. The minimum absolute atomic E-state index is 0.169. The number of nitrogens with zero attached hydrogens (tertiary/aromatic N) is 3. The van der Waals surface area contributed by atoms with E-state index in [0.29, 0.717) is 6.54 Å². The molecule has 7 heteroatoms. The summed E-state index contributed by atoms with van der Waals surface area (Å²) in [6.45, 7) is 4.62. The molecule has 0 atom stereocenters. The number of nitriles is 1. The lowest BCUT2D eigenvalue weighted by Crippen LogP contribution is -2.27. The fourth-order valence-corrected chi connectivity index (χ4v) is 2.70. The van der Waals surface area contributed by atoms with Crippen molar-refractivity contribution in [1.29, 1.82) is 5.26 Å². The van der Waals surface area contributed by atoms with Crippen LogP contribution in [0.4, 0.5) is 11.5 Å².